The number of rotatable bonds is 8. The Morgan fingerprint density at radius 1 is 1.14 bits per heavy atom. The lowest BCUT2D eigenvalue weighted by molar-refractivity contribution is -0.139. The van der Waals surface area contributed by atoms with Gasteiger partial charge >= 0.3 is 11.8 Å². The van der Waals surface area contributed by atoms with E-state index in [0.29, 0.717) is 23.7 Å². The average Bonchev–Trinajstić information content (AvgIpc) is 2.69. The molecule has 2 aromatic carbocycles. The fraction of sp³-hybridized carbons (Fsp3) is 0.286. The van der Waals surface area contributed by atoms with E-state index in [1.54, 1.807) is 18.2 Å². The van der Waals surface area contributed by atoms with E-state index >= 15 is 0 Å². The molecule has 0 spiro atoms. The van der Waals surface area contributed by atoms with Crippen molar-refractivity contribution in [1.82, 2.24) is 10.7 Å². The van der Waals surface area contributed by atoms with Gasteiger partial charge in [0.25, 0.3) is 0 Å². The molecule has 0 heterocycles. The molecular formula is C21H25ClN4O3. The molecule has 0 aliphatic rings. The Balaban J connectivity index is 2.05. The summed E-state index contributed by atoms with van der Waals surface area (Å²) >= 11 is 6.08. The highest BCUT2D eigenvalue weighted by Gasteiger charge is 2.12. The van der Waals surface area contributed by atoms with Gasteiger partial charge in [0.05, 0.1) is 12.8 Å². The molecule has 2 rings (SSSR count). The van der Waals surface area contributed by atoms with Crippen LogP contribution in [0.3, 0.4) is 0 Å². The Bertz CT molecular complexity index is 867. The summed E-state index contributed by atoms with van der Waals surface area (Å²) in [5.74, 6) is -0.521. The monoisotopic (exact) mass is 416 g/mol. The molecule has 0 atom stereocenters. The molecule has 0 aliphatic heterocycles. The SMILES string of the molecule is CCOc1ccc(Nc2ccc(Cl)cc2/C=N\NC(=O)C(=O)NCC(C)C)cc1. The second kappa shape index (κ2) is 11.1. The van der Waals surface area contributed by atoms with E-state index < -0.39 is 11.8 Å². The third-order valence-electron chi connectivity index (χ3n) is 3.70. The molecule has 8 heteroatoms. The van der Waals surface area contributed by atoms with Crippen molar-refractivity contribution in [3.05, 3.63) is 53.1 Å². The molecule has 0 radical (unpaired) electrons. The molecule has 0 aromatic heterocycles. The molecule has 0 fully saturated rings. The maximum Gasteiger partial charge on any atom is 0.329 e. The van der Waals surface area contributed by atoms with E-state index in [4.69, 9.17) is 16.3 Å². The maximum atomic E-state index is 11.8. The van der Waals surface area contributed by atoms with E-state index in [9.17, 15) is 9.59 Å². The van der Waals surface area contributed by atoms with Crippen LogP contribution in [0.25, 0.3) is 0 Å². The molecule has 0 saturated carbocycles. The molecule has 2 amide bonds. The summed E-state index contributed by atoms with van der Waals surface area (Å²) in [5, 5.41) is 10.2. The number of anilines is 2. The van der Waals surface area contributed by atoms with Crippen LogP contribution in [-0.4, -0.2) is 31.2 Å². The summed E-state index contributed by atoms with van der Waals surface area (Å²) < 4.78 is 5.44. The molecule has 29 heavy (non-hydrogen) atoms. The van der Waals surface area contributed by atoms with Gasteiger partial charge in [-0.05, 0) is 55.3 Å². The predicted octanol–water partition coefficient (Wildman–Crippen LogP) is 3.70. The number of hydrogen-bond acceptors (Lipinski definition) is 5. The minimum atomic E-state index is -0.829. The number of nitrogens with zero attached hydrogens (tertiary/aromatic N) is 1. The Morgan fingerprint density at radius 2 is 1.86 bits per heavy atom. The van der Waals surface area contributed by atoms with E-state index in [2.05, 4.69) is 21.2 Å². The van der Waals surface area contributed by atoms with Gasteiger partial charge < -0.3 is 15.4 Å². The molecule has 0 bridgehead atoms. The third kappa shape index (κ3) is 7.46. The fourth-order valence-electron chi connectivity index (χ4n) is 2.30. The van der Waals surface area contributed by atoms with Crippen molar-refractivity contribution in [3.63, 3.8) is 0 Å². The highest BCUT2D eigenvalue weighted by atomic mass is 35.5. The van der Waals surface area contributed by atoms with Gasteiger partial charge in [-0.2, -0.15) is 5.10 Å². The van der Waals surface area contributed by atoms with E-state index in [1.165, 1.54) is 6.21 Å². The van der Waals surface area contributed by atoms with Crippen molar-refractivity contribution in [3.8, 4) is 5.75 Å². The summed E-state index contributed by atoms with van der Waals surface area (Å²) in [6.07, 6.45) is 1.43. The second-order valence-corrected chi connectivity index (χ2v) is 7.05. The summed E-state index contributed by atoms with van der Waals surface area (Å²) in [4.78, 5) is 23.5. The first-order chi connectivity index (χ1) is 13.9. The smallest absolute Gasteiger partial charge is 0.329 e. The van der Waals surface area contributed by atoms with Crippen molar-refractivity contribution in [2.75, 3.05) is 18.5 Å². The number of benzene rings is 2. The van der Waals surface area contributed by atoms with Gasteiger partial charge in [-0.25, -0.2) is 5.43 Å². The maximum absolute atomic E-state index is 11.8. The van der Waals surface area contributed by atoms with Crippen molar-refractivity contribution >= 4 is 41.0 Å². The van der Waals surface area contributed by atoms with E-state index in [-0.39, 0.29) is 5.92 Å². The molecular weight excluding hydrogens is 392 g/mol. The lowest BCUT2D eigenvalue weighted by Crippen LogP contribution is -2.39. The lowest BCUT2D eigenvalue weighted by atomic mass is 10.2. The van der Waals surface area contributed by atoms with Gasteiger partial charge in [-0.15, -0.1) is 0 Å². The summed E-state index contributed by atoms with van der Waals surface area (Å²) in [6.45, 7) is 6.83. The lowest BCUT2D eigenvalue weighted by Gasteiger charge is -2.11. The van der Waals surface area contributed by atoms with Crippen LogP contribution in [-0.2, 0) is 9.59 Å². The minimum Gasteiger partial charge on any atom is -0.494 e. The Hall–Kier alpha value is -3.06. The van der Waals surface area contributed by atoms with Crippen LogP contribution in [0.1, 0.15) is 26.3 Å². The number of carbonyl (C=O) groups excluding carboxylic acids is 2. The van der Waals surface area contributed by atoms with Gasteiger partial charge in [0.1, 0.15) is 5.75 Å². The van der Waals surface area contributed by atoms with Crippen molar-refractivity contribution in [2.24, 2.45) is 11.0 Å². The highest BCUT2D eigenvalue weighted by molar-refractivity contribution is 6.35. The number of hydrazone groups is 1. The second-order valence-electron chi connectivity index (χ2n) is 6.62. The minimum absolute atomic E-state index is 0.248. The first-order valence-electron chi connectivity index (χ1n) is 9.29. The number of hydrogen-bond donors (Lipinski definition) is 3. The number of ether oxygens (including phenoxy) is 1. The summed E-state index contributed by atoms with van der Waals surface area (Å²) in [5.41, 5.74) is 4.45. The number of amides is 2. The number of nitrogens with one attached hydrogen (secondary N) is 3. The average molecular weight is 417 g/mol. The van der Waals surface area contributed by atoms with E-state index in [0.717, 1.165) is 17.1 Å². The molecule has 154 valence electrons. The normalized spacial score (nSPS) is 10.8. The topological polar surface area (TPSA) is 91.8 Å². The van der Waals surface area contributed by atoms with Crippen LogP contribution in [0.2, 0.25) is 5.02 Å². The Labute approximate surface area is 175 Å². The van der Waals surface area contributed by atoms with Gasteiger partial charge in [-0.3, -0.25) is 9.59 Å². The molecule has 0 saturated heterocycles. The highest BCUT2D eigenvalue weighted by Crippen LogP contribution is 2.24. The molecule has 3 N–H and O–H groups in total. The zero-order valence-electron chi connectivity index (χ0n) is 16.7. The van der Waals surface area contributed by atoms with Crippen LogP contribution in [0.15, 0.2) is 47.6 Å². The quantitative estimate of drug-likeness (QED) is 0.347. The summed E-state index contributed by atoms with van der Waals surface area (Å²) in [7, 11) is 0. The molecule has 0 aliphatic carbocycles. The van der Waals surface area contributed by atoms with Crippen molar-refractivity contribution in [1.29, 1.82) is 0 Å². The molecule has 7 nitrogen and oxygen atoms in total. The standard InChI is InChI=1S/C21H25ClN4O3/c1-4-29-18-8-6-17(7-9-18)25-19-10-5-16(22)11-15(19)13-24-26-21(28)20(27)23-12-14(2)3/h5-11,13-14,25H,4,12H2,1-3H3,(H,23,27)(H,26,28)/b24-13-. The van der Waals surface area contributed by atoms with Gasteiger partial charge in [0, 0.05) is 28.5 Å². The first kappa shape index (κ1) is 22.2. The Kier molecular flexibility index (Phi) is 8.48. The zero-order valence-corrected chi connectivity index (χ0v) is 17.4. The van der Waals surface area contributed by atoms with Crippen LogP contribution in [0, 0.1) is 5.92 Å². The summed E-state index contributed by atoms with van der Waals surface area (Å²) in [6, 6.07) is 12.8. The molecule has 0 unspecified atom stereocenters. The first-order valence-corrected chi connectivity index (χ1v) is 9.67. The van der Waals surface area contributed by atoms with Crippen LogP contribution in [0.5, 0.6) is 5.75 Å². The van der Waals surface area contributed by atoms with Crippen molar-refractivity contribution in [2.45, 2.75) is 20.8 Å². The largest absolute Gasteiger partial charge is 0.494 e. The van der Waals surface area contributed by atoms with Gasteiger partial charge in [-0.1, -0.05) is 25.4 Å². The number of carbonyl (C=O) groups is 2. The number of halogens is 1. The van der Waals surface area contributed by atoms with Crippen LogP contribution in [0.4, 0.5) is 11.4 Å². The van der Waals surface area contributed by atoms with Gasteiger partial charge in [0.15, 0.2) is 0 Å². The van der Waals surface area contributed by atoms with E-state index in [1.807, 2.05) is 45.0 Å². The van der Waals surface area contributed by atoms with Crippen molar-refractivity contribution < 1.29 is 14.3 Å². The van der Waals surface area contributed by atoms with Gasteiger partial charge in [0.2, 0.25) is 0 Å². The fourth-order valence-corrected chi connectivity index (χ4v) is 2.48. The van der Waals surface area contributed by atoms with Crippen LogP contribution >= 0.6 is 11.6 Å². The predicted molar refractivity (Wildman–Crippen MR) is 116 cm³/mol. The molecule has 2 aromatic rings. The third-order valence-corrected chi connectivity index (χ3v) is 3.94. The van der Waals surface area contributed by atoms with Crippen LogP contribution < -0.4 is 20.8 Å². The Morgan fingerprint density at radius 3 is 2.52 bits per heavy atom. The zero-order chi connectivity index (χ0) is 21.2.